The first-order chi connectivity index (χ1) is 10.3. The molecule has 0 saturated heterocycles. The summed E-state index contributed by atoms with van der Waals surface area (Å²) in [4.78, 5) is 16.0. The number of benzene rings is 2. The zero-order valence-electron chi connectivity index (χ0n) is 11.0. The van der Waals surface area contributed by atoms with Gasteiger partial charge in [0.2, 0.25) is 5.78 Å². The summed E-state index contributed by atoms with van der Waals surface area (Å²) in [6.45, 7) is 0.530. The number of rotatable bonds is 3. The van der Waals surface area contributed by atoms with Crippen LogP contribution >= 0.6 is 11.3 Å². The summed E-state index contributed by atoms with van der Waals surface area (Å²) in [5.41, 5.74) is 1.62. The Morgan fingerprint density at radius 2 is 2.14 bits per heavy atom. The maximum atomic E-state index is 11.5. The van der Waals surface area contributed by atoms with Crippen molar-refractivity contribution in [1.82, 2.24) is 4.98 Å². The summed E-state index contributed by atoms with van der Waals surface area (Å²) in [6, 6.07) is 13.3. The number of aromatic nitrogens is 1. The molecule has 1 aliphatic heterocycles. The lowest BCUT2D eigenvalue weighted by Crippen LogP contribution is -1.98. The van der Waals surface area contributed by atoms with Gasteiger partial charge in [-0.25, -0.2) is 4.98 Å². The number of nitrogens with zero attached hydrogens (tertiary/aromatic N) is 1. The Morgan fingerprint density at radius 3 is 3.05 bits per heavy atom. The lowest BCUT2D eigenvalue weighted by Gasteiger charge is -2.05. The second-order valence-corrected chi connectivity index (χ2v) is 5.85. The fourth-order valence-corrected chi connectivity index (χ4v) is 3.17. The zero-order valence-corrected chi connectivity index (χ0v) is 11.9. The van der Waals surface area contributed by atoms with E-state index < -0.39 is 0 Å². The summed E-state index contributed by atoms with van der Waals surface area (Å²) in [5.74, 6) is 1.30. The van der Waals surface area contributed by atoms with Crippen molar-refractivity contribution in [1.29, 1.82) is 0 Å². The SMILES string of the molecule is O=C1COc2cc(OCc3nc4ccccc4s3)ccc21. The lowest BCUT2D eigenvalue weighted by molar-refractivity contribution is 0.0961. The molecule has 0 saturated carbocycles. The van der Waals surface area contributed by atoms with Gasteiger partial charge in [-0.05, 0) is 24.3 Å². The predicted molar refractivity (Wildman–Crippen MR) is 80.2 cm³/mol. The van der Waals surface area contributed by atoms with E-state index in [0.29, 0.717) is 23.7 Å². The van der Waals surface area contributed by atoms with Gasteiger partial charge >= 0.3 is 0 Å². The third-order valence-corrected chi connectivity index (χ3v) is 4.32. The van der Waals surface area contributed by atoms with Gasteiger partial charge in [0, 0.05) is 6.07 Å². The number of hydrogen-bond acceptors (Lipinski definition) is 5. The molecule has 104 valence electrons. The van der Waals surface area contributed by atoms with Gasteiger partial charge in [-0.1, -0.05) is 12.1 Å². The van der Waals surface area contributed by atoms with Gasteiger partial charge in [0.05, 0.1) is 15.8 Å². The second kappa shape index (κ2) is 4.86. The molecule has 2 aromatic carbocycles. The third kappa shape index (κ3) is 2.25. The molecule has 5 heteroatoms. The monoisotopic (exact) mass is 297 g/mol. The van der Waals surface area contributed by atoms with Crippen LogP contribution in [-0.2, 0) is 6.61 Å². The Morgan fingerprint density at radius 1 is 1.24 bits per heavy atom. The Labute approximate surface area is 125 Å². The fraction of sp³-hybridized carbons (Fsp3) is 0.125. The van der Waals surface area contributed by atoms with Gasteiger partial charge in [0.1, 0.15) is 23.1 Å². The number of carbonyl (C=O) groups is 1. The van der Waals surface area contributed by atoms with Gasteiger partial charge in [0.25, 0.3) is 0 Å². The molecule has 0 bridgehead atoms. The fourth-order valence-electron chi connectivity index (χ4n) is 2.29. The number of para-hydroxylation sites is 1. The van der Waals surface area contributed by atoms with Gasteiger partial charge in [-0.15, -0.1) is 11.3 Å². The Bertz CT molecular complexity index is 807. The molecule has 4 rings (SSSR count). The van der Waals surface area contributed by atoms with Crippen molar-refractivity contribution in [2.45, 2.75) is 6.61 Å². The van der Waals surface area contributed by atoms with Crippen LogP contribution in [0, 0.1) is 0 Å². The minimum atomic E-state index is 0.0164. The van der Waals surface area contributed by atoms with Crippen molar-refractivity contribution in [3.63, 3.8) is 0 Å². The van der Waals surface area contributed by atoms with E-state index in [1.165, 1.54) is 0 Å². The van der Waals surface area contributed by atoms with E-state index in [4.69, 9.17) is 9.47 Å². The number of fused-ring (bicyclic) bond motifs is 2. The van der Waals surface area contributed by atoms with Crippen LogP contribution in [0.3, 0.4) is 0 Å². The molecular weight excluding hydrogens is 286 g/mol. The maximum absolute atomic E-state index is 11.5. The number of ketones is 1. The van der Waals surface area contributed by atoms with E-state index in [0.717, 1.165) is 15.2 Å². The summed E-state index contributed by atoms with van der Waals surface area (Å²) >= 11 is 1.62. The van der Waals surface area contributed by atoms with Crippen LogP contribution in [0.2, 0.25) is 0 Å². The van der Waals surface area contributed by atoms with Gasteiger partial charge in [-0.2, -0.15) is 0 Å². The summed E-state index contributed by atoms with van der Waals surface area (Å²) < 4.78 is 12.2. The van der Waals surface area contributed by atoms with E-state index >= 15 is 0 Å². The van der Waals surface area contributed by atoms with Crippen molar-refractivity contribution in [3.05, 3.63) is 53.0 Å². The molecule has 1 aromatic heterocycles. The van der Waals surface area contributed by atoms with Crippen LogP contribution in [-0.4, -0.2) is 17.4 Å². The molecule has 1 aliphatic rings. The second-order valence-electron chi connectivity index (χ2n) is 4.73. The molecule has 0 N–H and O–H groups in total. The minimum absolute atomic E-state index is 0.0164. The molecule has 0 unspecified atom stereocenters. The highest BCUT2D eigenvalue weighted by atomic mass is 32.1. The zero-order chi connectivity index (χ0) is 14.2. The van der Waals surface area contributed by atoms with E-state index in [1.54, 1.807) is 29.5 Å². The standard InChI is InChI=1S/C16H11NO3S/c18-13-8-20-14-7-10(5-6-11(13)14)19-9-16-17-12-3-1-2-4-15(12)21-16/h1-7H,8-9H2. The molecule has 4 nitrogen and oxygen atoms in total. The minimum Gasteiger partial charge on any atom is -0.486 e. The normalized spacial score (nSPS) is 13.2. The number of ether oxygens (including phenoxy) is 2. The summed E-state index contributed by atoms with van der Waals surface area (Å²) in [5, 5.41) is 0.925. The molecule has 0 atom stereocenters. The summed E-state index contributed by atoms with van der Waals surface area (Å²) in [6.07, 6.45) is 0. The Balaban J connectivity index is 1.53. The average molecular weight is 297 g/mol. The van der Waals surface area contributed by atoms with Crippen LogP contribution in [0.15, 0.2) is 42.5 Å². The van der Waals surface area contributed by atoms with Crippen molar-refractivity contribution >= 4 is 27.3 Å². The molecule has 21 heavy (non-hydrogen) atoms. The lowest BCUT2D eigenvalue weighted by atomic mass is 10.1. The topological polar surface area (TPSA) is 48.4 Å². The van der Waals surface area contributed by atoms with Crippen LogP contribution in [0.4, 0.5) is 0 Å². The third-order valence-electron chi connectivity index (χ3n) is 3.31. The van der Waals surface area contributed by atoms with Gasteiger partial charge in [0.15, 0.2) is 6.61 Å². The number of carbonyl (C=O) groups excluding carboxylic acids is 1. The highest BCUT2D eigenvalue weighted by molar-refractivity contribution is 7.18. The van der Waals surface area contributed by atoms with Crippen molar-refractivity contribution in [2.24, 2.45) is 0 Å². The van der Waals surface area contributed by atoms with Crippen molar-refractivity contribution < 1.29 is 14.3 Å². The Kier molecular flexibility index (Phi) is 2.86. The molecule has 0 spiro atoms. The van der Waals surface area contributed by atoms with Crippen LogP contribution in [0.5, 0.6) is 11.5 Å². The quantitative estimate of drug-likeness (QED) is 0.743. The highest BCUT2D eigenvalue weighted by Gasteiger charge is 2.21. The van der Waals surface area contributed by atoms with E-state index in [2.05, 4.69) is 4.98 Å². The first-order valence-electron chi connectivity index (χ1n) is 6.57. The average Bonchev–Trinajstić information content (AvgIpc) is 3.08. The number of hydrogen-bond donors (Lipinski definition) is 0. The van der Waals surface area contributed by atoms with Crippen LogP contribution in [0.1, 0.15) is 15.4 Å². The highest BCUT2D eigenvalue weighted by Crippen LogP contribution is 2.30. The molecule has 0 fully saturated rings. The smallest absolute Gasteiger partial charge is 0.203 e. The molecule has 3 aromatic rings. The Hall–Kier alpha value is -2.40. The van der Waals surface area contributed by atoms with Gasteiger partial charge in [-0.3, -0.25) is 4.79 Å². The van der Waals surface area contributed by atoms with E-state index in [9.17, 15) is 4.79 Å². The molecule has 0 amide bonds. The van der Waals surface area contributed by atoms with Crippen molar-refractivity contribution in [3.8, 4) is 11.5 Å². The van der Waals surface area contributed by atoms with Crippen LogP contribution < -0.4 is 9.47 Å². The first-order valence-corrected chi connectivity index (χ1v) is 7.38. The molecular formula is C16H11NO3S. The molecule has 0 aliphatic carbocycles. The predicted octanol–water partition coefficient (Wildman–Crippen LogP) is 3.45. The molecule has 2 heterocycles. The maximum Gasteiger partial charge on any atom is 0.203 e. The van der Waals surface area contributed by atoms with Crippen molar-refractivity contribution in [2.75, 3.05) is 6.61 Å². The number of Topliss-reactive ketones (excluding diaryl/α,β-unsaturated/α-hetero) is 1. The number of thiazole rings is 1. The van der Waals surface area contributed by atoms with Gasteiger partial charge < -0.3 is 9.47 Å². The van der Waals surface area contributed by atoms with Crippen LogP contribution in [0.25, 0.3) is 10.2 Å². The first kappa shape index (κ1) is 12.3. The van der Waals surface area contributed by atoms with E-state index in [-0.39, 0.29) is 12.4 Å². The molecule has 0 radical (unpaired) electrons. The largest absolute Gasteiger partial charge is 0.486 e. The van der Waals surface area contributed by atoms with E-state index in [1.807, 2.05) is 24.3 Å². The summed E-state index contributed by atoms with van der Waals surface area (Å²) in [7, 11) is 0.